The Morgan fingerprint density at radius 1 is 1.22 bits per heavy atom. The van der Waals surface area contributed by atoms with Gasteiger partial charge in [-0.2, -0.15) is 0 Å². The third-order valence-corrected chi connectivity index (χ3v) is 4.16. The molecule has 0 aliphatic rings. The van der Waals surface area contributed by atoms with Crippen molar-refractivity contribution >= 4 is 5.71 Å². The van der Waals surface area contributed by atoms with Gasteiger partial charge in [0, 0.05) is 11.8 Å². The summed E-state index contributed by atoms with van der Waals surface area (Å²) in [6, 6.07) is 7.92. The van der Waals surface area contributed by atoms with Crippen molar-refractivity contribution in [3.05, 3.63) is 65.0 Å². The Morgan fingerprint density at radius 3 is 2.48 bits per heavy atom. The highest BCUT2D eigenvalue weighted by Crippen LogP contribution is 2.31. The lowest BCUT2D eigenvalue weighted by Crippen LogP contribution is -2.08. The van der Waals surface area contributed by atoms with Crippen LogP contribution < -0.4 is 9.47 Å². The van der Waals surface area contributed by atoms with E-state index >= 15 is 0 Å². The summed E-state index contributed by atoms with van der Waals surface area (Å²) in [6.07, 6.45) is 5.56. The standard InChI is InChI=1S/C22H28N2O3/c1-7-8-11-26-20-12-15(2)22(16(3)13-20)27-18(5)21-10-9-19(14-23-21)17(4)24-25-6/h7-10,12-14,18H,11H2,1-6H3/b8-7+,24-17-. The Balaban J connectivity index is 2.13. The van der Waals surface area contributed by atoms with Crippen LogP contribution in [0.25, 0.3) is 0 Å². The predicted molar refractivity (Wildman–Crippen MR) is 109 cm³/mol. The number of oxime groups is 1. The maximum Gasteiger partial charge on any atom is 0.138 e. The maximum absolute atomic E-state index is 6.20. The number of pyridine rings is 1. The molecular weight excluding hydrogens is 340 g/mol. The number of aromatic nitrogens is 1. The first kappa shape index (κ1) is 20.5. The number of hydrogen-bond donors (Lipinski definition) is 0. The molecule has 1 aromatic heterocycles. The molecule has 0 aliphatic carbocycles. The minimum absolute atomic E-state index is 0.175. The Morgan fingerprint density at radius 2 is 1.93 bits per heavy atom. The van der Waals surface area contributed by atoms with Gasteiger partial charge in [0.05, 0.1) is 11.4 Å². The van der Waals surface area contributed by atoms with Crippen molar-refractivity contribution in [2.45, 2.75) is 40.7 Å². The second kappa shape index (κ2) is 9.76. The highest BCUT2D eigenvalue weighted by atomic mass is 16.6. The molecule has 2 aromatic rings. The number of nitrogens with zero attached hydrogens (tertiary/aromatic N) is 2. The van der Waals surface area contributed by atoms with E-state index in [2.05, 4.69) is 10.1 Å². The summed E-state index contributed by atoms with van der Waals surface area (Å²) >= 11 is 0. The number of ether oxygens (including phenoxy) is 2. The monoisotopic (exact) mass is 368 g/mol. The van der Waals surface area contributed by atoms with Gasteiger partial charge >= 0.3 is 0 Å². The molecule has 2 rings (SSSR count). The molecule has 1 heterocycles. The molecule has 5 heteroatoms. The van der Waals surface area contributed by atoms with E-state index in [0.717, 1.165) is 39.6 Å². The van der Waals surface area contributed by atoms with Gasteiger partial charge in [0.25, 0.3) is 0 Å². The highest BCUT2D eigenvalue weighted by molar-refractivity contribution is 5.97. The van der Waals surface area contributed by atoms with Crippen LogP contribution in [0.15, 0.2) is 47.8 Å². The van der Waals surface area contributed by atoms with E-state index in [0.29, 0.717) is 6.61 Å². The Kier molecular flexibility index (Phi) is 7.41. The number of rotatable bonds is 8. The first-order valence-electron chi connectivity index (χ1n) is 9.02. The molecule has 0 fully saturated rings. The minimum Gasteiger partial charge on any atom is -0.490 e. The van der Waals surface area contributed by atoms with Gasteiger partial charge in [0.1, 0.15) is 31.3 Å². The van der Waals surface area contributed by atoms with Crippen LogP contribution >= 0.6 is 0 Å². The van der Waals surface area contributed by atoms with Crippen LogP contribution in [0, 0.1) is 13.8 Å². The van der Waals surface area contributed by atoms with Crippen molar-refractivity contribution in [1.29, 1.82) is 0 Å². The van der Waals surface area contributed by atoms with E-state index in [9.17, 15) is 0 Å². The predicted octanol–water partition coefficient (Wildman–Crippen LogP) is 5.16. The van der Waals surface area contributed by atoms with E-state index < -0.39 is 0 Å². The van der Waals surface area contributed by atoms with Crippen molar-refractivity contribution in [1.82, 2.24) is 4.98 Å². The lowest BCUT2D eigenvalue weighted by Gasteiger charge is -2.19. The molecular formula is C22H28N2O3. The van der Waals surface area contributed by atoms with Crippen molar-refractivity contribution in [3.63, 3.8) is 0 Å². The molecule has 0 aliphatic heterocycles. The van der Waals surface area contributed by atoms with Crippen molar-refractivity contribution in [2.24, 2.45) is 5.16 Å². The number of allylic oxidation sites excluding steroid dienone is 1. The molecule has 1 unspecified atom stereocenters. The average molecular weight is 368 g/mol. The molecule has 1 aromatic carbocycles. The third kappa shape index (κ3) is 5.58. The lowest BCUT2D eigenvalue weighted by atomic mass is 10.1. The molecule has 144 valence electrons. The van der Waals surface area contributed by atoms with Crippen LogP contribution in [0.3, 0.4) is 0 Å². The minimum atomic E-state index is -0.175. The first-order valence-corrected chi connectivity index (χ1v) is 9.02. The summed E-state index contributed by atoms with van der Waals surface area (Å²) < 4.78 is 11.9. The lowest BCUT2D eigenvalue weighted by molar-refractivity contribution is 0.213. The molecule has 0 bridgehead atoms. The number of hydrogen-bond acceptors (Lipinski definition) is 5. The second-order valence-electron chi connectivity index (χ2n) is 6.36. The molecule has 0 saturated carbocycles. The summed E-state index contributed by atoms with van der Waals surface area (Å²) in [5.41, 5.74) is 4.64. The maximum atomic E-state index is 6.20. The fourth-order valence-corrected chi connectivity index (χ4v) is 2.71. The molecule has 27 heavy (non-hydrogen) atoms. The molecule has 0 radical (unpaired) electrons. The normalized spacial score (nSPS) is 12.9. The molecule has 5 nitrogen and oxygen atoms in total. The molecule has 0 saturated heterocycles. The van der Waals surface area contributed by atoms with Crippen molar-refractivity contribution in [3.8, 4) is 11.5 Å². The summed E-state index contributed by atoms with van der Waals surface area (Å²) in [5, 5.41) is 3.92. The largest absolute Gasteiger partial charge is 0.490 e. The molecule has 0 amide bonds. The zero-order chi connectivity index (χ0) is 19.8. The van der Waals surface area contributed by atoms with Crippen LogP contribution in [0.5, 0.6) is 11.5 Å². The summed E-state index contributed by atoms with van der Waals surface area (Å²) in [7, 11) is 1.53. The molecule has 0 N–H and O–H groups in total. The first-order chi connectivity index (χ1) is 13.0. The van der Waals surface area contributed by atoms with Crippen LogP contribution in [0.1, 0.15) is 49.3 Å². The molecule has 1 atom stereocenters. The Hall–Kier alpha value is -2.82. The summed E-state index contributed by atoms with van der Waals surface area (Å²) in [4.78, 5) is 9.31. The highest BCUT2D eigenvalue weighted by Gasteiger charge is 2.14. The third-order valence-electron chi connectivity index (χ3n) is 4.16. The fraction of sp³-hybridized carbons (Fsp3) is 0.364. The van der Waals surface area contributed by atoms with Gasteiger partial charge in [0.2, 0.25) is 0 Å². The van der Waals surface area contributed by atoms with Gasteiger partial charge in [-0.3, -0.25) is 4.98 Å². The topological polar surface area (TPSA) is 52.9 Å². The Labute approximate surface area is 161 Å². The number of aryl methyl sites for hydroxylation is 2. The SMILES string of the molecule is C/C=C/COc1cc(C)c(OC(C)c2ccc(/C(C)=N\OC)cn2)c(C)c1. The number of benzene rings is 1. The van der Waals surface area contributed by atoms with Crippen LogP contribution in [-0.2, 0) is 4.84 Å². The smallest absolute Gasteiger partial charge is 0.138 e. The van der Waals surface area contributed by atoms with Crippen molar-refractivity contribution in [2.75, 3.05) is 13.7 Å². The quantitative estimate of drug-likeness (QED) is 0.367. The van der Waals surface area contributed by atoms with Crippen LogP contribution in [0.4, 0.5) is 0 Å². The van der Waals surface area contributed by atoms with Gasteiger partial charge in [0.15, 0.2) is 0 Å². The van der Waals surface area contributed by atoms with Gasteiger partial charge in [-0.15, -0.1) is 0 Å². The second-order valence-corrected chi connectivity index (χ2v) is 6.36. The fourth-order valence-electron chi connectivity index (χ4n) is 2.71. The van der Waals surface area contributed by atoms with Gasteiger partial charge < -0.3 is 14.3 Å². The summed E-state index contributed by atoms with van der Waals surface area (Å²) in [5.74, 6) is 1.71. The zero-order valence-electron chi connectivity index (χ0n) is 16.9. The van der Waals surface area contributed by atoms with Crippen LogP contribution in [-0.4, -0.2) is 24.4 Å². The van der Waals surface area contributed by atoms with E-state index in [1.165, 1.54) is 7.11 Å². The Bertz CT molecular complexity index is 788. The van der Waals surface area contributed by atoms with Gasteiger partial charge in [-0.05, 0) is 70.0 Å². The summed E-state index contributed by atoms with van der Waals surface area (Å²) in [6.45, 7) is 10.5. The van der Waals surface area contributed by atoms with E-state index in [4.69, 9.17) is 14.3 Å². The van der Waals surface area contributed by atoms with Gasteiger partial charge in [-0.1, -0.05) is 17.3 Å². The van der Waals surface area contributed by atoms with E-state index in [-0.39, 0.29) is 6.10 Å². The van der Waals surface area contributed by atoms with Crippen LogP contribution in [0.2, 0.25) is 0 Å². The molecule has 0 spiro atoms. The van der Waals surface area contributed by atoms with Crippen molar-refractivity contribution < 1.29 is 14.3 Å². The average Bonchev–Trinajstić information content (AvgIpc) is 2.65. The van der Waals surface area contributed by atoms with Gasteiger partial charge in [-0.25, -0.2) is 0 Å². The zero-order valence-corrected chi connectivity index (χ0v) is 16.9. The van der Waals surface area contributed by atoms with E-state index in [1.807, 2.05) is 71.0 Å². The van der Waals surface area contributed by atoms with E-state index in [1.54, 1.807) is 6.20 Å².